The Morgan fingerprint density at radius 1 is 0.809 bits per heavy atom. The van der Waals surface area contributed by atoms with Crippen LogP contribution in [0, 0.1) is 55.6 Å². The van der Waals surface area contributed by atoms with Crippen LogP contribution in [0.4, 0.5) is 0 Å². The van der Waals surface area contributed by atoms with Gasteiger partial charge in [-0.25, -0.2) is 4.98 Å². The summed E-state index contributed by atoms with van der Waals surface area (Å²) in [6.07, 6.45) is 5.19. The molecule has 230 valence electrons. The molecule has 4 aromatic carbocycles. The van der Waals surface area contributed by atoms with Gasteiger partial charge in [0.15, 0.2) is 0 Å². The fraction of sp³-hybridized carbons (Fsp3) is 0.105. The number of nitrogens with zero attached hydrogens (tertiary/aromatic N) is 6. The third kappa shape index (κ3) is 5.33. The van der Waals surface area contributed by atoms with E-state index in [1.165, 1.54) is 0 Å². The van der Waals surface area contributed by atoms with E-state index in [0.29, 0.717) is 51.0 Å². The molecular weight excluding hydrogens is 768 g/mol. The predicted molar refractivity (Wildman–Crippen MR) is 176 cm³/mol. The molecule has 0 aliphatic heterocycles. The van der Waals surface area contributed by atoms with Crippen molar-refractivity contribution in [2.45, 2.75) is 20.8 Å². The van der Waals surface area contributed by atoms with E-state index in [4.69, 9.17) is 9.47 Å². The number of pyridine rings is 1. The van der Waals surface area contributed by atoms with Gasteiger partial charge in [0.05, 0.1) is 24.4 Å². The fourth-order valence-corrected chi connectivity index (χ4v) is 5.88. The summed E-state index contributed by atoms with van der Waals surface area (Å²) in [6.45, 7) is 5.75. The monoisotopic (exact) mass is 793 g/mol. The number of hydrogen-bond acceptors (Lipinski definition) is 6. The second kappa shape index (κ2) is 12.6. The molecule has 7 rings (SSSR count). The van der Waals surface area contributed by atoms with Crippen molar-refractivity contribution in [3.63, 3.8) is 0 Å². The summed E-state index contributed by atoms with van der Waals surface area (Å²) in [6, 6.07) is 32.7. The van der Waals surface area contributed by atoms with Gasteiger partial charge in [-0.05, 0) is 60.7 Å². The normalized spacial score (nSPS) is 10.8. The molecule has 9 heteroatoms. The Labute approximate surface area is 286 Å². The minimum absolute atomic E-state index is 0. The summed E-state index contributed by atoms with van der Waals surface area (Å²) < 4.78 is 15.5. The second-order valence-corrected chi connectivity index (χ2v) is 10.9. The number of nitriles is 2. The first kappa shape index (κ1) is 31.3. The average Bonchev–Trinajstić information content (AvgIpc) is 3.70. The van der Waals surface area contributed by atoms with Crippen LogP contribution in [0.5, 0.6) is 17.2 Å². The van der Waals surface area contributed by atoms with Crippen molar-refractivity contribution in [1.82, 2.24) is 19.3 Å². The van der Waals surface area contributed by atoms with Gasteiger partial charge in [-0.3, -0.25) is 4.68 Å². The van der Waals surface area contributed by atoms with E-state index in [2.05, 4.69) is 46.5 Å². The molecule has 0 aliphatic rings. The van der Waals surface area contributed by atoms with Gasteiger partial charge < -0.3 is 14.0 Å². The molecule has 0 saturated heterocycles. The third-order valence-electron chi connectivity index (χ3n) is 8.43. The minimum atomic E-state index is 0. The van der Waals surface area contributed by atoms with Gasteiger partial charge in [0.1, 0.15) is 23.7 Å². The van der Waals surface area contributed by atoms with Crippen LogP contribution in [-0.4, -0.2) is 26.4 Å². The standard InChI is InChI=1S/C38H26N6O2.Pt/c1-23-24(2)33(19-39)38(34(20-40)25(23)3)26-21-42-43(22-26)27-8-7-9-29(16-27)46-30-12-13-32-31-10-5-6-11-35(31)44(36(32)17-30)37-18-28(45-4)14-15-41-37;/h5-15,18,21-22H,1-4H3;/q-2;+2. The molecule has 3 aromatic heterocycles. The minimum Gasteiger partial charge on any atom is -0.509 e. The quantitative estimate of drug-likeness (QED) is 0.158. The smallest absolute Gasteiger partial charge is 0.509 e. The molecule has 0 unspecified atom stereocenters. The maximum absolute atomic E-state index is 9.99. The first-order valence-electron chi connectivity index (χ1n) is 14.6. The van der Waals surface area contributed by atoms with Gasteiger partial charge in [0.2, 0.25) is 0 Å². The second-order valence-electron chi connectivity index (χ2n) is 10.9. The first-order chi connectivity index (χ1) is 22.4. The van der Waals surface area contributed by atoms with Crippen molar-refractivity contribution in [3.8, 4) is 52.0 Å². The van der Waals surface area contributed by atoms with Crippen molar-refractivity contribution in [2.75, 3.05) is 7.11 Å². The number of fused-ring (bicyclic) bond motifs is 3. The number of rotatable bonds is 6. The number of para-hydroxylation sites is 1. The van der Waals surface area contributed by atoms with Crippen molar-refractivity contribution in [2.24, 2.45) is 0 Å². The van der Waals surface area contributed by atoms with Gasteiger partial charge in [-0.1, -0.05) is 23.7 Å². The third-order valence-corrected chi connectivity index (χ3v) is 8.43. The Morgan fingerprint density at radius 2 is 1.55 bits per heavy atom. The Balaban J connectivity index is 0.00000386. The van der Waals surface area contributed by atoms with Gasteiger partial charge in [0, 0.05) is 46.6 Å². The summed E-state index contributed by atoms with van der Waals surface area (Å²) >= 11 is 0. The average molecular weight is 794 g/mol. The van der Waals surface area contributed by atoms with Gasteiger partial charge in [0.25, 0.3) is 0 Å². The maximum atomic E-state index is 9.99. The zero-order valence-corrected chi connectivity index (χ0v) is 28.2. The first-order valence-corrected chi connectivity index (χ1v) is 14.6. The van der Waals surface area contributed by atoms with Gasteiger partial charge in [-0.2, -0.15) is 27.8 Å². The van der Waals surface area contributed by atoms with Crippen LogP contribution in [0.25, 0.3) is 44.4 Å². The zero-order chi connectivity index (χ0) is 31.9. The topological polar surface area (TPSA) is 102 Å². The molecule has 0 bridgehead atoms. The van der Waals surface area contributed by atoms with E-state index in [9.17, 15) is 10.5 Å². The van der Waals surface area contributed by atoms with E-state index in [0.717, 1.165) is 38.5 Å². The number of methoxy groups -OCH3 is 1. The molecule has 3 heterocycles. The van der Waals surface area contributed by atoms with Crippen molar-refractivity contribution >= 4 is 21.8 Å². The Kier molecular flexibility index (Phi) is 8.39. The summed E-state index contributed by atoms with van der Waals surface area (Å²) in [5.41, 5.74) is 7.33. The maximum Gasteiger partial charge on any atom is 2.00 e. The van der Waals surface area contributed by atoms with Crippen molar-refractivity contribution < 1.29 is 30.5 Å². The van der Waals surface area contributed by atoms with Crippen LogP contribution in [0.1, 0.15) is 27.8 Å². The molecule has 7 aromatic rings. The molecule has 0 saturated carbocycles. The SMILES string of the molecule is COc1ccnc(-n2c3[c-]c(Oc4[c-]c(-n5cc(-c6c(C#N)c(C)c(C)c(C)c6C#N)cn5)ccc4)ccc3c3ccccc32)c1.[Pt+2]. The number of hydrogen-bond donors (Lipinski definition) is 0. The van der Waals surface area contributed by atoms with Crippen molar-refractivity contribution in [1.29, 1.82) is 10.5 Å². The zero-order valence-electron chi connectivity index (χ0n) is 25.9. The van der Waals surface area contributed by atoms with Crippen LogP contribution in [-0.2, 0) is 21.1 Å². The number of benzene rings is 4. The van der Waals surface area contributed by atoms with Crippen molar-refractivity contribution in [3.05, 3.63) is 125 Å². The predicted octanol–water partition coefficient (Wildman–Crippen LogP) is 8.10. The van der Waals surface area contributed by atoms with Gasteiger partial charge >= 0.3 is 21.1 Å². The molecular formula is C38H26N6O2Pt. The van der Waals surface area contributed by atoms with E-state index in [-0.39, 0.29) is 21.1 Å². The van der Waals surface area contributed by atoms with Crippen LogP contribution < -0.4 is 9.47 Å². The molecule has 47 heavy (non-hydrogen) atoms. The largest absolute Gasteiger partial charge is 2.00 e. The summed E-state index contributed by atoms with van der Waals surface area (Å²) in [5.74, 6) is 2.40. The van der Waals surface area contributed by atoms with Gasteiger partial charge in [-0.15, -0.1) is 35.7 Å². The van der Waals surface area contributed by atoms with E-state index in [1.54, 1.807) is 30.4 Å². The number of ether oxygens (including phenoxy) is 2. The molecule has 8 nitrogen and oxygen atoms in total. The Hall–Kier alpha value is -5.69. The Morgan fingerprint density at radius 3 is 2.30 bits per heavy atom. The number of aromatic nitrogens is 4. The molecule has 0 radical (unpaired) electrons. The molecule has 0 N–H and O–H groups in total. The summed E-state index contributed by atoms with van der Waals surface area (Å²) in [7, 11) is 1.63. The molecule has 0 fully saturated rings. The van der Waals surface area contributed by atoms with E-state index >= 15 is 0 Å². The van der Waals surface area contributed by atoms with Crippen LogP contribution >= 0.6 is 0 Å². The van der Waals surface area contributed by atoms with E-state index < -0.39 is 0 Å². The molecule has 0 atom stereocenters. The van der Waals surface area contributed by atoms with Crippen LogP contribution in [0.15, 0.2) is 85.3 Å². The van der Waals surface area contributed by atoms with Crippen LogP contribution in [0.2, 0.25) is 0 Å². The molecule has 0 amide bonds. The van der Waals surface area contributed by atoms with E-state index in [1.807, 2.05) is 79.9 Å². The summed E-state index contributed by atoms with van der Waals surface area (Å²) in [4.78, 5) is 4.62. The summed E-state index contributed by atoms with van der Waals surface area (Å²) in [5, 5.41) is 26.6. The van der Waals surface area contributed by atoms with Crippen LogP contribution in [0.3, 0.4) is 0 Å². The Bertz CT molecular complexity index is 2370. The molecule has 0 aliphatic carbocycles. The molecule has 0 spiro atoms. The fourth-order valence-electron chi connectivity index (χ4n) is 5.88.